The predicted molar refractivity (Wildman–Crippen MR) is 79.9 cm³/mol. The van der Waals surface area contributed by atoms with Crippen LogP contribution < -0.4 is 5.73 Å². The maximum absolute atomic E-state index is 6.27. The molecule has 19 heavy (non-hydrogen) atoms. The van der Waals surface area contributed by atoms with E-state index in [9.17, 15) is 0 Å². The topological polar surface area (TPSA) is 43.8 Å². The number of halogens is 1. The Bertz CT molecular complexity index is 729. The molecule has 1 heterocycles. The van der Waals surface area contributed by atoms with Crippen LogP contribution in [0.1, 0.15) is 12.5 Å². The van der Waals surface area contributed by atoms with Crippen LogP contribution in [0.3, 0.4) is 0 Å². The lowest BCUT2D eigenvalue weighted by Gasteiger charge is -2.08. The highest BCUT2D eigenvalue weighted by Gasteiger charge is 2.12. The average molecular weight is 272 g/mol. The van der Waals surface area contributed by atoms with Crippen LogP contribution in [0.4, 0.5) is 5.95 Å². The van der Waals surface area contributed by atoms with Gasteiger partial charge in [-0.15, -0.1) is 0 Å². The second kappa shape index (κ2) is 4.59. The molecule has 0 radical (unpaired) electrons. The molecule has 96 valence electrons. The van der Waals surface area contributed by atoms with E-state index in [1.165, 1.54) is 5.56 Å². The van der Waals surface area contributed by atoms with Crippen molar-refractivity contribution in [2.75, 3.05) is 5.73 Å². The van der Waals surface area contributed by atoms with E-state index >= 15 is 0 Å². The Morgan fingerprint density at radius 1 is 1.16 bits per heavy atom. The van der Waals surface area contributed by atoms with Crippen molar-refractivity contribution in [2.45, 2.75) is 13.3 Å². The molecule has 0 unspecified atom stereocenters. The van der Waals surface area contributed by atoms with Crippen molar-refractivity contribution in [2.24, 2.45) is 0 Å². The van der Waals surface area contributed by atoms with Gasteiger partial charge in [0.2, 0.25) is 5.95 Å². The molecule has 0 aliphatic rings. The third-order valence-electron chi connectivity index (χ3n) is 3.26. The van der Waals surface area contributed by atoms with E-state index in [0.717, 1.165) is 23.1 Å². The van der Waals surface area contributed by atoms with E-state index < -0.39 is 0 Å². The summed E-state index contributed by atoms with van der Waals surface area (Å²) in [6, 6.07) is 13.9. The molecule has 0 saturated heterocycles. The van der Waals surface area contributed by atoms with Crippen LogP contribution >= 0.6 is 11.6 Å². The molecule has 3 nitrogen and oxygen atoms in total. The Balaban J connectivity index is 2.26. The number of hydrogen-bond acceptors (Lipinski definition) is 2. The molecule has 1 aromatic heterocycles. The molecule has 0 fully saturated rings. The molecule has 0 atom stereocenters. The number of hydrogen-bond donors (Lipinski definition) is 1. The van der Waals surface area contributed by atoms with Crippen molar-refractivity contribution in [1.29, 1.82) is 0 Å². The van der Waals surface area contributed by atoms with Gasteiger partial charge in [0.25, 0.3) is 0 Å². The Morgan fingerprint density at radius 2 is 1.89 bits per heavy atom. The Labute approximate surface area is 116 Å². The number of benzene rings is 2. The summed E-state index contributed by atoms with van der Waals surface area (Å²) in [6.07, 6.45) is 1.02. The number of anilines is 1. The first kappa shape index (κ1) is 12.1. The van der Waals surface area contributed by atoms with Gasteiger partial charge in [-0.05, 0) is 36.2 Å². The fourth-order valence-corrected chi connectivity index (χ4v) is 2.50. The predicted octanol–water partition coefficient (Wildman–Crippen LogP) is 3.82. The van der Waals surface area contributed by atoms with Crippen molar-refractivity contribution >= 4 is 28.6 Å². The van der Waals surface area contributed by atoms with Crippen molar-refractivity contribution in [3.05, 3.63) is 53.1 Å². The quantitative estimate of drug-likeness (QED) is 0.770. The maximum atomic E-state index is 6.27. The molecule has 2 aromatic carbocycles. The molecule has 0 bridgehead atoms. The minimum Gasteiger partial charge on any atom is -0.369 e. The number of fused-ring (bicyclic) bond motifs is 1. The van der Waals surface area contributed by atoms with Gasteiger partial charge in [-0.1, -0.05) is 36.7 Å². The number of rotatable bonds is 2. The normalized spacial score (nSPS) is 11.1. The molecule has 3 aromatic rings. The molecule has 0 saturated carbocycles. The summed E-state index contributed by atoms with van der Waals surface area (Å²) in [6.45, 7) is 2.13. The molecular weight excluding hydrogens is 258 g/mol. The van der Waals surface area contributed by atoms with Crippen LogP contribution in [0.2, 0.25) is 5.02 Å². The zero-order chi connectivity index (χ0) is 13.4. The van der Waals surface area contributed by atoms with Crippen LogP contribution in [-0.2, 0) is 6.42 Å². The second-order valence-corrected chi connectivity index (χ2v) is 4.84. The van der Waals surface area contributed by atoms with Crippen molar-refractivity contribution in [1.82, 2.24) is 9.55 Å². The molecule has 0 aliphatic heterocycles. The number of imidazole rings is 1. The second-order valence-electron chi connectivity index (χ2n) is 4.43. The smallest absolute Gasteiger partial charge is 0.205 e. The van der Waals surface area contributed by atoms with Gasteiger partial charge < -0.3 is 5.73 Å². The van der Waals surface area contributed by atoms with E-state index in [4.69, 9.17) is 17.3 Å². The van der Waals surface area contributed by atoms with Crippen LogP contribution in [0.15, 0.2) is 42.5 Å². The van der Waals surface area contributed by atoms with Crippen LogP contribution in [-0.4, -0.2) is 9.55 Å². The van der Waals surface area contributed by atoms with Gasteiger partial charge in [0.1, 0.15) is 0 Å². The first-order chi connectivity index (χ1) is 9.20. The Hall–Kier alpha value is -2.00. The third kappa shape index (κ3) is 1.96. The van der Waals surface area contributed by atoms with E-state index in [0.29, 0.717) is 11.0 Å². The summed E-state index contributed by atoms with van der Waals surface area (Å²) in [7, 11) is 0. The van der Waals surface area contributed by atoms with Gasteiger partial charge in [-0.25, -0.2) is 4.98 Å². The van der Waals surface area contributed by atoms with E-state index in [1.807, 2.05) is 34.9 Å². The Morgan fingerprint density at radius 3 is 2.58 bits per heavy atom. The zero-order valence-electron chi connectivity index (χ0n) is 10.6. The number of para-hydroxylation sites is 1. The van der Waals surface area contributed by atoms with Gasteiger partial charge >= 0.3 is 0 Å². The lowest BCUT2D eigenvalue weighted by molar-refractivity contribution is 1.09. The summed E-state index contributed by atoms with van der Waals surface area (Å²) in [5, 5.41) is 0.654. The van der Waals surface area contributed by atoms with Gasteiger partial charge in [0, 0.05) is 5.69 Å². The van der Waals surface area contributed by atoms with Gasteiger partial charge in [-0.2, -0.15) is 0 Å². The number of nitrogen functional groups attached to an aromatic ring is 1. The maximum Gasteiger partial charge on any atom is 0.205 e. The lowest BCUT2D eigenvalue weighted by atomic mass is 10.1. The lowest BCUT2D eigenvalue weighted by Crippen LogP contribution is -2.00. The molecule has 3 rings (SSSR count). The Kier molecular flexibility index (Phi) is 2.91. The first-order valence-electron chi connectivity index (χ1n) is 6.22. The number of aromatic nitrogens is 2. The minimum atomic E-state index is 0.451. The van der Waals surface area contributed by atoms with Crippen LogP contribution in [0, 0.1) is 0 Å². The molecule has 2 N–H and O–H groups in total. The van der Waals surface area contributed by atoms with Gasteiger partial charge in [0.15, 0.2) is 0 Å². The highest BCUT2D eigenvalue weighted by atomic mass is 35.5. The van der Waals surface area contributed by atoms with Crippen LogP contribution in [0.25, 0.3) is 16.7 Å². The van der Waals surface area contributed by atoms with Crippen molar-refractivity contribution in [3.8, 4) is 5.69 Å². The monoisotopic (exact) mass is 271 g/mol. The first-order valence-corrected chi connectivity index (χ1v) is 6.60. The van der Waals surface area contributed by atoms with E-state index in [-0.39, 0.29) is 0 Å². The summed E-state index contributed by atoms with van der Waals surface area (Å²) >= 11 is 6.27. The molecule has 4 heteroatoms. The fraction of sp³-hybridized carbons (Fsp3) is 0.133. The van der Waals surface area contributed by atoms with Crippen LogP contribution in [0.5, 0.6) is 0 Å². The highest BCUT2D eigenvalue weighted by molar-refractivity contribution is 6.35. The minimum absolute atomic E-state index is 0.451. The summed E-state index contributed by atoms with van der Waals surface area (Å²) < 4.78 is 1.89. The van der Waals surface area contributed by atoms with Crippen molar-refractivity contribution in [3.63, 3.8) is 0 Å². The largest absolute Gasteiger partial charge is 0.369 e. The SMILES string of the molecule is CCc1ccc(-n2c(N)nc3cccc(Cl)c32)cc1. The number of nitrogens with two attached hydrogens (primary N) is 1. The summed E-state index contributed by atoms with van der Waals surface area (Å²) in [5.41, 5.74) is 9.95. The zero-order valence-corrected chi connectivity index (χ0v) is 11.4. The standard InChI is InChI=1S/C15H14ClN3/c1-2-10-6-8-11(9-7-10)19-14-12(16)4-3-5-13(14)18-15(19)17/h3-9H,2H2,1H3,(H2,17,18). The summed E-state index contributed by atoms with van der Waals surface area (Å²) in [4.78, 5) is 4.35. The molecule has 0 amide bonds. The number of nitrogens with zero attached hydrogens (tertiary/aromatic N) is 2. The third-order valence-corrected chi connectivity index (χ3v) is 3.56. The number of aryl methyl sites for hydroxylation is 1. The van der Waals surface area contributed by atoms with E-state index in [2.05, 4.69) is 24.0 Å². The van der Waals surface area contributed by atoms with Gasteiger partial charge in [-0.3, -0.25) is 4.57 Å². The van der Waals surface area contributed by atoms with Gasteiger partial charge in [0.05, 0.1) is 16.1 Å². The molecule has 0 spiro atoms. The fourth-order valence-electron chi connectivity index (χ4n) is 2.25. The van der Waals surface area contributed by atoms with E-state index in [1.54, 1.807) is 0 Å². The van der Waals surface area contributed by atoms with Crippen molar-refractivity contribution < 1.29 is 0 Å². The molecule has 0 aliphatic carbocycles. The highest BCUT2D eigenvalue weighted by Crippen LogP contribution is 2.28. The summed E-state index contributed by atoms with van der Waals surface area (Å²) in [5.74, 6) is 0.451. The molecular formula is C15H14ClN3. The average Bonchev–Trinajstić information content (AvgIpc) is 2.76.